The van der Waals surface area contributed by atoms with Crippen molar-refractivity contribution in [1.82, 2.24) is 10.6 Å². The van der Waals surface area contributed by atoms with Crippen LogP contribution in [0.3, 0.4) is 0 Å². The summed E-state index contributed by atoms with van der Waals surface area (Å²) in [6.07, 6.45) is 5.05. The van der Waals surface area contributed by atoms with Gasteiger partial charge in [0.25, 0.3) is 5.91 Å². The molecule has 0 aliphatic heterocycles. The molecule has 0 saturated heterocycles. The molecule has 0 radical (unpaired) electrons. The number of nitrogens with one attached hydrogen (secondary N) is 2. The van der Waals surface area contributed by atoms with E-state index in [1.165, 1.54) is 12.1 Å². The van der Waals surface area contributed by atoms with Crippen LogP contribution in [-0.4, -0.2) is 30.6 Å². The van der Waals surface area contributed by atoms with Crippen LogP contribution in [0.15, 0.2) is 22.7 Å². The van der Waals surface area contributed by atoms with E-state index < -0.39 is 30.3 Å². The van der Waals surface area contributed by atoms with Gasteiger partial charge in [0, 0.05) is 10.5 Å². The third kappa shape index (κ3) is 5.59. The Hall–Kier alpha value is -1.96. The van der Waals surface area contributed by atoms with Crippen molar-refractivity contribution >= 4 is 33.8 Å². The molecule has 0 bridgehead atoms. The Morgan fingerprint density at radius 1 is 1.21 bits per heavy atom. The van der Waals surface area contributed by atoms with Gasteiger partial charge in [-0.1, -0.05) is 19.3 Å². The highest BCUT2D eigenvalue weighted by molar-refractivity contribution is 9.10. The lowest BCUT2D eigenvalue weighted by atomic mass is 9.96. The molecule has 6 nitrogen and oxygen atoms in total. The third-order valence-electron chi connectivity index (χ3n) is 3.68. The van der Waals surface area contributed by atoms with Crippen molar-refractivity contribution in [2.75, 3.05) is 6.61 Å². The molecule has 8 heteroatoms. The summed E-state index contributed by atoms with van der Waals surface area (Å²) in [6, 6.07) is 3.01. The molecule has 130 valence electrons. The van der Waals surface area contributed by atoms with Crippen LogP contribution in [0.2, 0.25) is 0 Å². The number of hydrogen-bond donors (Lipinski definition) is 2. The monoisotopic (exact) mass is 400 g/mol. The van der Waals surface area contributed by atoms with Crippen molar-refractivity contribution < 1.29 is 23.5 Å². The maximum absolute atomic E-state index is 13.1. The van der Waals surface area contributed by atoms with Crippen molar-refractivity contribution in [2.45, 2.75) is 38.1 Å². The maximum Gasteiger partial charge on any atom is 0.339 e. The van der Waals surface area contributed by atoms with Gasteiger partial charge in [0.05, 0.1) is 5.56 Å². The summed E-state index contributed by atoms with van der Waals surface area (Å²) in [5.41, 5.74) is -0.0329. The number of halogens is 2. The molecule has 0 aromatic heterocycles. The molecule has 1 fully saturated rings. The van der Waals surface area contributed by atoms with E-state index in [2.05, 4.69) is 26.6 Å². The number of esters is 1. The number of carbonyl (C=O) groups is 3. The molecule has 1 aliphatic rings. The second-order valence-electron chi connectivity index (χ2n) is 5.56. The quantitative estimate of drug-likeness (QED) is 0.760. The van der Waals surface area contributed by atoms with Crippen LogP contribution < -0.4 is 10.6 Å². The van der Waals surface area contributed by atoms with Gasteiger partial charge in [-0.05, 0) is 47.0 Å². The van der Waals surface area contributed by atoms with Gasteiger partial charge in [-0.15, -0.1) is 0 Å². The van der Waals surface area contributed by atoms with E-state index in [4.69, 9.17) is 4.74 Å². The first-order valence-electron chi connectivity index (χ1n) is 7.68. The summed E-state index contributed by atoms with van der Waals surface area (Å²) in [5, 5.41) is 4.83. The van der Waals surface area contributed by atoms with Gasteiger partial charge in [-0.2, -0.15) is 0 Å². The SMILES string of the molecule is O=C(COC(=O)c1cc(F)ccc1Br)NC(=O)NC1CCCCC1. The van der Waals surface area contributed by atoms with E-state index in [9.17, 15) is 18.8 Å². The number of hydrogen-bond acceptors (Lipinski definition) is 4. The predicted octanol–water partition coefficient (Wildman–Crippen LogP) is 2.90. The lowest BCUT2D eigenvalue weighted by molar-refractivity contribution is -0.123. The molecule has 0 atom stereocenters. The molecule has 0 unspecified atom stereocenters. The van der Waals surface area contributed by atoms with Crippen molar-refractivity contribution in [2.24, 2.45) is 0 Å². The van der Waals surface area contributed by atoms with Crippen molar-refractivity contribution in [1.29, 1.82) is 0 Å². The zero-order chi connectivity index (χ0) is 17.5. The highest BCUT2D eigenvalue weighted by Crippen LogP contribution is 2.19. The Morgan fingerprint density at radius 2 is 1.92 bits per heavy atom. The number of imide groups is 1. The first-order chi connectivity index (χ1) is 11.5. The summed E-state index contributed by atoms with van der Waals surface area (Å²) in [5.74, 6) is -2.20. The number of ether oxygens (including phenoxy) is 1. The van der Waals surface area contributed by atoms with E-state index in [1.807, 2.05) is 0 Å². The number of amides is 3. The lowest BCUT2D eigenvalue weighted by Crippen LogP contribution is -2.46. The highest BCUT2D eigenvalue weighted by Gasteiger charge is 2.18. The molecule has 0 spiro atoms. The van der Waals surface area contributed by atoms with E-state index in [1.54, 1.807) is 0 Å². The molecule has 1 aromatic rings. The minimum Gasteiger partial charge on any atom is -0.452 e. The third-order valence-corrected chi connectivity index (χ3v) is 4.37. The summed E-state index contributed by atoms with van der Waals surface area (Å²) in [7, 11) is 0. The molecular weight excluding hydrogens is 383 g/mol. The number of carbonyl (C=O) groups excluding carboxylic acids is 3. The molecule has 24 heavy (non-hydrogen) atoms. The minimum atomic E-state index is -0.857. The zero-order valence-corrected chi connectivity index (χ0v) is 14.5. The lowest BCUT2D eigenvalue weighted by Gasteiger charge is -2.22. The van der Waals surface area contributed by atoms with Gasteiger partial charge < -0.3 is 10.1 Å². The van der Waals surface area contributed by atoms with Crippen LogP contribution in [-0.2, 0) is 9.53 Å². The Labute approximate surface area is 147 Å². The second-order valence-corrected chi connectivity index (χ2v) is 6.41. The van der Waals surface area contributed by atoms with Crippen molar-refractivity contribution in [3.63, 3.8) is 0 Å². The van der Waals surface area contributed by atoms with E-state index in [0.717, 1.165) is 38.2 Å². The largest absolute Gasteiger partial charge is 0.452 e. The minimum absolute atomic E-state index is 0.0329. The summed E-state index contributed by atoms with van der Waals surface area (Å²) in [6.45, 7) is -0.625. The smallest absolute Gasteiger partial charge is 0.339 e. The molecular formula is C16H18BrFN2O4. The van der Waals surface area contributed by atoms with Gasteiger partial charge in [0.1, 0.15) is 5.82 Å². The fraction of sp³-hybridized carbons (Fsp3) is 0.438. The van der Waals surface area contributed by atoms with E-state index in [-0.39, 0.29) is 11.6 Å². The Kier molecular flexibility index (Phi) is 6.72. The number of urea groups is 1. The van der Waals surface area contributed by atoms with Crippen LogP contribution in [0.5, 0.6) is 0 Å². The predicted molar refractivity (Wildman–Crippen MR) is 87.9 cm³/mol. The van der Waals surface area contributed by atoms with Gasteiger partial charge in [0.2, 0.25) is 0 Å². The van der Waals surface area contributed by atoms with Crippen molar-refractivity contribution in [3.8, 4) is 0 Å². The highest BCUT2D eigenvalue weighted by atomic mass is 79.9. The van der Waals surface area contributed by atoms with Gasteiger partial charge in [-0.3, -0.25) is 10.1 Å². The van der Waals surface area contributed by atoms with Gasteiger partial charge in [0.15, 0.2) is 6.61 Å². The summed E-state index contributed by atoms with van der Waals surface area (Å²) >= 11 is 3.10. The molecule has 1 aliphatic carbocycles. The van der Waals surface area contributed by atoms with Crippen LogP contribution in [0.4, 0.5) is 9.18 Å². The van der Waals surface area contributed by atoms with Crippen LogP contribution >= 0.6 is 15.9 Å². The molecule has 2 N–H and O–H groups in total. The van der Waals surface area contributed by atoms with Gasteiger partial charge >= 0.3 is 12.0 Å². The van der Waals surface area contributed by atoms with E-state index >= 15 is 0 Å². The Bertz CT molecular complexity index is 633. The molecule has 1 aromatic carbocycles. The van der Waals surface area contributed by atoms with E-state index in [0.29, 0.717) is 4.47 Å². The second kappa shape index (κ2) is 8.77. The summed E-state index contributed by atoms with van der Waals surface area (Å²) < 4.78 is 18.3. The summed E-state index contributed by atoms with van der Waals surface area (Å²) in [4.78, 5) is 35.2. The molecule has 0 heterocycles. The topological polar surface area (TPSA) is 84.5 Å². The Morgan fingerprint density at radius 3 is 2.62 bits per heavy atom. The zero-order valence-electron chi connectivity index (χ0n) is 12.9. The normalized spacial score (nSPS) is 14.8. The average molecular weight is 401 g/mol. The fourth-order valence-corrected chi connectivity index (χ4v) is 2.90. The number of benzene rings is 1. The molecule has 3 amide bonds. The van der Waals surface area contributed by atoms with Crippen LogP contribution in [0, 0.1) is 5.82 Å². The first kappa shape index (κ1) is 18.4. The van der Waals surface area contributed by atoms with Gasteiger partial charge in [-0.25, -0.2) is 14.0 Å². The Balaban J connectivity index is 1.76. The molecule has 2 rings (SSSR count). The average Bonchev–Trinajstić information content (AvgIpc) is 2.55. The number of rotatable bonds is 4. The molecule has 1 saturated carbocycles. The fourth-order valence-electron chi connectivity index (χ4n) is 2.49. The van der Waals surface area contributed by atoms with Crippen LogP contribution in [0.25, 0.3) is 0 Å². The first-order valence-corrected chi connectivity index (χ1v) is 8.47. The standard InChI is InChI=1S/C16H18BrFN2O4/c17-13-7-6-10(18)8-12(13)15(22)24-9-14(21)20-16(23)19-11-4-2-1-3-5-11/h6-8,11H,1-5,9H2,(H2,19,20,21,23). The van der Waals surface area contributed by atoms with Crippen LogP contribution in [0.1, 0.15) is 42.5 Å². The maximum atomic E-state index is 13.1. The van der Waals surface area contributed by atoms with Crippen molar-refractivity contribution in [3.05, 3.63) is 34.1 Å².